The highest BCUT2D eigenvalue weighted by Gasteiger charge is 2.25. The number of benzene rings is 1. The molecule has 0 spiro atoms. The number of halogens is 1. The van der Waals surface area contributed by atoms with Crippen LogP contribution < -0.4 is 10.2 Å². The molecule has 1 amide bonds. The van der Waals surface area contributed by atoms with Gasteiger partial charge in [0.05, 0.1) is 5.69 Å². The number of anilines is 2. The zero-order valence-corrected chi connectivity index (χ0v) is 16.8. The predicted octanol–water partition coefficient (Wildman–Crippen LogP) is 3.53. The molecule has 8 heteroatoms. The van der Waals surface area contributed by atoms with Crippen LogP contribution >= 0.6 is 0 Å². The van der Waals surface area contributed by atoms with Gasteiger partial charge in [-0.3, -0.25) is 4.79 Å². The van der Waals surface area contributed by atoms with Crippen molar-refractivity contribution in [2.24, 2.45) is 4.99 Å². The Labute approximate surface area is 170 Å². The fraction of sp³-hybridized carbons (Fsp3) is 0.429. The summed E-state index contributed by atoms with van der Waals surface area (Å²) in [5, 5.41) is 3.08. The van der Waals surface area contributed by atoms with Crippen molar-refractivity contribution in [1.82, 2.24) is 15.3 Å². The number of carbonyl (C=O) groups excluding carboxylic acids is 1. The smallest absolute Gasteiger partial charge is 0.265 e. The van der Waals surface area contributed by atoms with Crippen molar-refractivity contribution in [3.05, 3.63) is 41.6 Å². The van der Waals surface area contributed by atoms with Crippen LogP contribution in [0.25, 0.3) is 0 Å². The van der Waals surface area contributed by atoms with Crippen molar-refractivity contribution in [3.8, 4) is 0 Å². The van der Waals surface area contributed by atoms with Crippen LogP contribution in [0, 0.1) is 12.7 Å². The zero-order chi connectivity index (χ0) is 20.4. The fourth-order valence-electron chi connectivity index (χ4n) is 3.95. The third-order valence-electron chi connectivity index (χ3n) is 5.56. The second kappa shape index (κ2) is 8.31. The number of nitrogens with zero attached hydrogens (tertiary/aromatic N) is 4. The topological polar surface area (TPSA) is 70.5 Å². The fourth-order valence-corrected chi connectivity index (χ4v) is 3.95. The number of amides is 1. The summed E-state index contributed by atoms with van der Waals surface area (Å²) in [4.78, 5) is 28.0. The normalized spacial score (nSPS) is 17.1. The first-order valence-corrected chi connectivity index (χ1v) is 10.1. The van der Waals surface area contributed by atoms with Gasteiger partial charge in [0.25, 0.3) is 5.91 Å². The molecule has 6 nitrogen and oxygen atoms in total. The number of nitrogens with one attached hydrogen (secondary N) is 1. The lowest BCUT2D eigenvalue weighted by Gasteiger charge is -2.23. The summed E-state index contributed by atoms with van der Waals surface area (Å²) in [5.41, 5.74) is 3.53. The van der Waals surface area contributed by atoms with E-state index in [1.54, 1.807) is 19.1 Å². The first-order valence-electron chi connectivity index (χ1n) is 10.1. The van der Waals surface area contributed by atoms with Crippen molar-refractivity contribution < 1.29 is 9.18 Å². The first-order chi connectivity index (χ1) is 14.0. The molecule has 1 fully saturated rings. The average Bonchev–Trinajstić information content (AvgIpc) is 3.13. The monoisotopic (exact) mass is 392 g/mol. The predicted molar refractivity (Wildman–Crippen MR) is 113 cm³/mol. The van der Waals surface area contributed by atoms with E-state index in [2.05, 4.69) is 27.6 Å². The lowest BCUT2D eigenvalue weighted by molar-refractivity contribution is -0.115. The maximum absolute atomic E-state index is 13.6. The Morgan fingerprint density at radius 2 is 2.10 bits per heavy atom. The van der Waals surface area contributed by atoms with Crippen LogP contribution in [0.1, 0.15) is 31.0 Å². The van der Waals surface area contributed by atoms with Gasteiger partial charge in [-0.2, -0.15) is 0 Å². The summed E-state index contributed by atoms with van der Waals surface area (Å²) < 4.78 is 13.6. The van der Waals surface area contributed by atoms with Gasteiger partial charge >= 0.3 is 0 Å². The van der Waals surface area contributed by atoms with Crippen LogP contribution in [0.5, 0.6) is 0 Å². The molecule has 1 aromatic heterocycles. The van der Waals surface area contributed by atoms with Crippen molar-refractivity contribution in [1.29, 1.82) is 0 Å². The molecule has 1 radical (unpaired) electrons. The number of aliphatic imine (C=N–C) groups is 1. The molecule has 4 rings (SSSR count). The molecule has 1 saturated heterocycles. The van der Waals surface area contributed by atoms with E-state index in [9.17, 15) is 9.18 Å². The minimum Gasteiger partial charge on any atom is -0.348 e. The maximum atomic E-state index is 13.6. The number of aromatic nitrogens is 2. The molecular weight excluding hydrogens is 368 g/mol. The molecule has 29 heavy (non-hydrogen) atoms. The summed E-state index contributed by atoms with van der Waals surface area (Å²) in [6.45, 7) is 4.25. The minimum absolute atomic E-state index is 0.157. The Balaban J connectivity index is 1.62. The second-order valence-electron chi connectivity index (χ2n) is 7.62. The van der Waals surface area contributed by atoms with Crippen molar-refractivity contribution >= 4 is 36.1 Å². The molecule has 0 unspecified atom stereocenters. The van der Waals surface area contributed by atoms with Gasteiger partial charge < -0.3 is 10.2 Å². The number of carbonyl (C=O) groups is 1. The zero-order valence-electron chi connectivity index (χ0n) is 16.8. The first kappa shape index (κ1) is 19.5. The molecule has 0 aliphatic carbocycles. The highest BCUT2D eigenvalue weighted by Crippen LogP contribution is 2.39. The van der Waals surface area contributed by atoms with Crippen LogP contribution in [-0.4, -0.2) is 41.5 Å². The molecule has 1 N–H and O–H groups in total. The molecule has 2 aromatic rings. The van der Waals surface area contributed by atoms with E-state index < -0.39 is 0 Å². The summed E-state index contributed by atoms with van der Waals surface area (Å²) >= 11 is 0. The molecule has 0 saturated carbocycles. The Morgan fingerprint density at radius 3 is 2.90 bits per heavy atom. The van der Waals surface area contributed by atoms with E-state index in [0.29, 0.717) is 29.5 Å². The summed E-state index contributed by atoms with van der Waals surface area (Å²) in [7, 11) is 2.26. The Morgan fingerprint density at radius 1 is 1.31 bits per heavy atom. The molecule has 0 bridgehead atoms. The second-order valence-corrected chi connectivity index (χ2v) is 7.62. The van der Waals surface area contributed by atoms with Crippen molar-refractivity contribution in [3.63, 3.8) is 0 Å². The molecular formula is C21H24BFN5O. The van der Waals surface area contributed by atoms with Gasteiger partial charge in [-0.15, -0.1) is 0 Å². The standard InChI is InChI=1S/C21H24BFN5O/c1-13-19(26-14(2)21(29)27-17-5-8-22-9-6-17)20(25-12-24-13)28-10-7-15-11-16(23)3-4-18(15)28/h3-4,11-12,17H,5-10H2,1-2H3,(H,27,29). The van der Waals surface area contributed by atoms with Gasteiger partial charge in [0.1, 0.15) is 30.8 Å². The quantitative estimate of drug-likeness (QED) is 0.639. The van der Waals surface area contributed by atoms with E-state index >= 15 is 0 Å². The van der Waals surface area contributed by atoms with E-state index in [1.807, 2.05) is 11.8 Å². The van der Waals surface area contributed by atoms with Crippen LogP contribution in [0.4, 0.5) is 21.6 Å². The SMILES string of the molecule is CC(=Nc1c(C)ncnc1N1CCc2cc(F)ccc21)C(=O)NC1CC[B]CC1. The summed E-state index contributed by atoms with van der Waals surface area (Å²) in [5.74, 6) is 0.243. The van der Waals surface area contributed by atoms with E-state index in [4.69, 9.17) is 0 Å². The van der Waals surface area contributed by atoms with Crippen molar-refractivity contribution in [2.45, 2.75) is 51.8 Å². The van der Waals surface area contributed by atoms with E-state index in [-0.39, 0.29) is 17.8 Å². The van der Waals surface area contributed by atoms with Crippen LogP contribution in [0.2, 0.25) is 12.6 Å². The summed E-state index contributed by atoms with van der Waals surface area (Å²) in [6.07, 6.45) is 6.24. The lowest BCUT2D eigenvalue weighted by atomic mass is 9.63. The van der Waals surface area contributed by atoms with Gasteiger partial charge in [0.2, 0.25) is 0 Å². The summed E-state index contributed by atoms with van der Waals surface area (Å²) in [6, 6.07) is 4.98. The Kier molecular flexibility index (Phi) is 5.60. The molecule has 2 aliphatic heterocycles. The van der Waals surface area contributed by atoms with Gasteiger partial charge in [0.15, 0.2) is 5.82 Å². The van der Waals surface area contributed by atoms with Crippen LogP contribution in [0.3, 0.4) is 0 Å². The van der Waals surface area contributed by atoms with Crippen LogP contribution in [-0.2, 0) is 11.2 Å². The number of hydrogen-bond acceptors (Lipinski definition) is 5. The number of rotatable bonds is 4. The van der Waals surface area contributed by atoms with Gasteiger partial charge in [-0.1, -0.05) is 12.6 Å². The largest absolute Gasteiger partial charge is 0.348 e. The van der Waals surface area contributed by atoms with Crippen LogP contribution in [0.15, 0.2) is 29.5 Å². The Hall–Kier alpha value is -2.77. The third kappa shape index (κ3) is 4.16. The highest BCUT2D eigenvalue weighted by molar-refractivity contribution is 6.39. The number of fused-ring (bicyclic) bond motifs is 1. The molecule has 3 heterocycles. The van der Waals surface area contributed by atoms with E-state index in [0.717, 1.165) is 43.2 Å². The molecule has 1 aromatic carbocycles. The van der Waals surface area contributed by atoms with E-state index in [1.165, 1.54) is 12.4 Å². The molecule has 2 aliphatic rings. The average molecular weight is 392 g/mol. The van der Waals surface area contributed by atoms with Gasteiger partial charge in [-0.05, 0) is 56.9 Å². The lowest BCUT2D eigenvalue weighted by Crippen LogP contribution is -2.40. The highest BCUT2D eigenvalue weighted by atomic mass is 19.1. The number of aryl methyl sites for hydroxylation is 1. The minimum atomic E-state index is -0.240. The molecule has 149 valence electrons. The van der Waals surface area contributed by atoms with Gasteiger partial charge in [-0.25, -0.2) is 19.4 Å². The van der Waals surface area contributed by atoms with Gasteiger partial charge in [0, 0.05) is 18.3 Å². The third-order valence-corrected chi connectivity index (χ3v) is 5.56. The maximum Gasteiger partial charge on any atom is 0.265 e. The molecule has 0 atom stereocenters. The number of hydrogen-bond donors (Lipinski definition) is 1. The van der Waals surface area contributed by atoms with Crippen molar-refractivity contribution in [2.75, 3.05) is 11.4 Å². The Bertz CT molecular complexity index is 958.